The van der Waals surface area contributed by atoms with Gasteiger partial charge in [0.15, 0.2) is 0 Å². The van der Waals surface area contributed by atoms with Gasteiger partial charge < -0.3 is 14.4 Å². The molecule has 2 heterocycles. The van der Waals surface area contributed by atoms with Gasteiger partial charge in [-0.15, -0.1) is 0 Å². The number of benzene rings is 2. The summed E-state index contributed by atoms with van der Waals surface area (Å²) in [5.74, 6) is 0.523. The lowest BCUT2D eigenvalue weighted by Crippen LogP contribution is -2.23. The molecule has 2 aromatic carbocycles. The van der Waals surface area contributed by atoms with Gasteiger partial charge in [-0.05, 0) is 42.4 Å². The summed E-state index contributed by atoms with van der Waals surface area (Å²) >= 11 is 0. The summed E-state index contributed by atoms with van der Waals surface area (Å²) in [6.07, 6.45) is 5.28. The highest BCUT2D eigenvalue weighted by Gasteiger charge is 2.26. The first kappa shape index (κ1) is 17.0. The molecule has 1 saturated carbocycles. The fourth-order valence-electron chi connectivity index (χ4n) is 4.23. The molecule has 2 unspecified atom stereocenters. The highest BCUT2D eigenvalue weighted by atomic mass is 19.1. The molecule has 4 heteroatoms. The number of rotatable bonds is 4. The Morgan fingerprint density at radius 3 is 2.63 bits per heavy atom. The lowest BCUT2D eigenvalue weighted by atomic mass is 9.99. The van der Waals surface area contributed by atoms with E-state index in [0.717, 1.165) is 22.4 Å². The van der Waals surface area contributed by atoms with Crippen molar-refractivity contribution in [1.29, 1.82) is 0 Å². The van der Waals surface area contributed by atoms with Crippen LogP contribution in [0.25, 0.3) is 10.9 Å². The molecule has 27 heavy (non-hydrogen) atoms. The van der Waals surface area contributed by atoms with Gasteiger partial charge in [-0.3, -0.25) is 0 Å². The van der Waals surface area contributed by atoms with E-state index in [1.807, 2.05) is 16.8 Å². The van der Waals surface area contributed by atoms with Crippen molar-refractivity contribution in [3.63, 3.8) is 0 Å². The highest BCUT2D eigenvalue weighted by molar-refractivity contribution is 5.85. The van der Waals surface area contributed by atoms with Crippen molar-refractivity contribution in [3.8, 4) is 0 Å². The SMILES string of the molecule is OC1CCOC(c2cn(Cc3ccc(C4CC4)cc3)c3c(F)cccc23)C1. The van der Waals surface area contributed by atoms with E-state index in [4.69, 9.17) is 4.74 Å². The number of fused-ring (bicyclic) bond motifs is 1. The minimum atomic E-state index is -0.356. The van der Waals surface area contributed by atoms with E-state index < -0.39 is 0 Å². The van der Waals surface area contributed by atoms with E-state index in [-0.39, 0.29) is 18.0 Å². The van der Waals surface area contributed by atoms with Crippen molar-refractivity contribution >= 4 is 10.9 Å². The zero-order chi connectivity index (χ0) is 18.4. The van der Waals surface area contributed by atoms with E-state index in [2.05, 4.69) is 24.3 Å². The molecule has 0 amide bonds. The molecule has 1 aliphatic heterocycles. The van der Waals surface area contributed by atoms with Crippen LogP contribution >= 0.6 is 0 Å². The largest absolute Gasteiger partial charge is 0.393 e. The van der Waals surface area contributed by atoms with Gasteiger partial charge in [-0.1, -0.05) is 36.4 Å². The molecule has 3 aromatic rings. The maximum atomic E-state index is 14.7. The molecule has 5 rings (SSSR count). The van der Waals surface area contributed by atoms with Crippen molar-refractivity contribution < 1.29 is 14.2 Å². The van der Waals surface area contributed by atoms with Crippen LogP contribution in [-0.4, -0.2) is 22.4 Å². The van der Waals surface area contributed by atoms with Crippen LogP contribution < -0.4 is 0 Å². The molecule has 1 aliphatic carbocycles. The Morgan fingerprint density at radius 1 is 1.07 bits per heavy atom. The lowest BCUT2D eigenvalue weighted by Gasteiger charge is -2.26. The molecule has 1 aromatic heterocycles. The number of para-hydroxylation sites is 1. The van der Waals surface area contributed by atoms with Crippen molar-refractivity contribution in [2.75, 3.05) is 6.61 Å². The second-order valence-electron chi connectivity index (χ2n) is 7.90. The molecule has 1 N–H and O–H groups in total. The summed E-state index contributed by atoms with van der Waals surface area (Å²) in [6, 6.07) is 13.9. The van der Waals surface area contributed by atoms with Crippen molar-refractivity contribution in [2.45, 2.75) is 50.4 Å². The first-order chi connectivity index (χ1) is 13.2. The molecule has 2 fully saturated rings. The van der Waals surface area contributed by atoms with Gasteiger partial charge in [0.2, 0.25) is 0 Å². The first-order valence-electron chi connectivity index (χ1n) is 9.85. The lowest BCUT2D eigenvalue weighted by molar-refractivity contribution is -0.0442. The Morgan fingerprint density at radius 2 is 1.89 bits per heavy atom. The van der Waals surface area contributed by atoms with Crippen molar-refractivity contribution in [2.24, 2.45) is 0 Å². The third-order valence-corrected chi connectivity index (χ3v) is 5.86. The van der Waals surface area contributed by atoms with Crippen LogP contribution in [0.2, 0.25) is 0 Å². The van der Waals surface area contributed by atoms with Crippen LogP contribution in [-0.2, 0) is 11.3 Å². The summed E-state index contributed by atoms with van der Waals surface area (Å²) in [6.45, 7) is 1.16. The summed E-state index contributed by atoms with van der Waals surface area (Å²) in [4.78, 5) is 0. The predicted octanol–water partition coefficient (Wildman–Crippen LogP) is 4.92. The van der Waals surface area contributed by atoms with Gasteiger partial charge in [0, 0.05) is 36.7 Å². The Hall–Kier alpha value is -2.17. The van der Waals surface area contributed by atoms with Gasteiger partial charge in [-0.25, -0.2) is 4.39 Å². The molecule has 1 saturated heterocycles. The normalized spacial score (nSPS) is 23.0. The third kappa shape index (κ3) is 3.28. The molecule has 2 aliphatic rings. The van der Waals surface area contributed by atoms with Gasteiger partial charge in [-0.2, -0.15) is 0 Å². The average Bonchev–Trinajstić information content (AvgIpc) is 3.45. The Labute approximate surface area is 158 Å². The number of aliphatic hydroxyl groups is 1. The van der Waals surface area contributed by atoms with Crippen molar-refractivity contribution in [1.82, 2.24) is 4.57 Å². The number of nitrogens with zero attached hydrogens (tertiary/aromatic N) is 1. The van der Waals surface area contributed by atoms with E-state index in [9.17, 15) is 9.50 Å². The Kier molecular flexibility index (Phi) is 4.25. The third-order valence-electron chi connectivity index (χ3n) is 5.86. The standard InChI is InChI=1S/C23H24FNO2/c24-21-3-1-2-19-20(22-12-18(26)10-11-27-22)14-25(23(19)21)13-15-4-6-16(7-5-15)17-8-9-17/h1-7,14,17-18,22,26H,8-13H2. The molecule has 3 nitrogen and oxygen atoms in total. The topological polar surface area (TPSA) is 34.4 Å². The van der Waals surface area contributed by atoms with Crippen molar-refractivity contribution in [3.05, 3.63) is 71.2 Å². The summed E-state index contributed by atoms with van der Waals surface area (Å²) in [7, 11) is 0. The quantitative estimate of drug-likeness (QED) is 0.712. The van der Waals surface area contributed by atoms with Gasteiger partial charge in [0.05, 0.1) is 17.7 Å². The monoisotopic (exact) mass is 365 g/mol. The molecular weight excluding hydrogens is 341 g/mol. The second-order valence-corrected chi connectivity index (χ2v) is 7.90. The summed E-state index contributed by atoms with van der Waals surface area (Å²) in [5, 5.41) is 10.9. The highest BCUT2D eigenvalue weighted by Crippen LogP contribution is 2.40. The van der Waals surface area contributed by atoms with Crippen LogP contribution in [0, 0.1) is 5.82 Å². The molecule has 2 atom stereocenters. The number of aliphatic hydroxyl groups excluding tert-OH is 1. The maximum Gasteiger partial charge on any atom is 0.147 e. The van der Waals surface area contributed by atoms with Crippen LogP contribution in [0.4, 0.5) is 4.39 Å². The average molecular weight is 365 g/mol. The molecule has 0 spiro atoms. The number of hydrogen-bond acceptors (Lipinski definition) is 2. The molecule has 0 radical (unpaired) electrons. The molecule has 140 valence electrons. The zero-order valence-electron chi connectivity index (χ0n) is 15.3. The number of halogens is 1. The molecular formula is C23H24FNO2. The Bertz CT molecular complexity index is 958. The van der Waals surface area contributed by atoms with Gasteiger partial charge >= 0.3 is 0 Å². The van der Waals surface area contributed by atoms with E-state index in [1.165, 1.54) is 24.5 Å². The summed E-state index contributed by atoms with van der Waals surface area (Å²) in [5.41, 5.74) is 4.16. The number of ether oxygens (including phenoxy) is 1. The van der Waals surface area contributed by atoms with E-state index in [0.29, 0.717) is 31.5 Å². The first-order valence-corrected chi connectivity index (χ1v) is 9.85. The predicted molar refractivity (Wildman–Crippen MR) is 103 cm³/mol. The van der Waals surface area contributed by atoms with Crippen LogP contribution in [0.3, 0.4) is 0 Å². The van der Waals surface area contributed by atoms with Crippen LogP contribution in [0.5, 0.6) is 0 Å². The van der Waals surface area contributed by atoms with Crippen LogP contribution in [0.15, 0.2) is 48.7 Å². The number of aromatic nitrogens is 1. The van der Waals surface area contributed by atoms with Gasteiger partial charge in [0.25, 0.3) is 0 Å². The van der Waals surface area contributed by atoms with E-state index in [1.54, 1.807) is 6.07 Å². The van der Waals surface area contributed by atoms with Crippen LogP contribution in [0.1, 0.15) is 54.4 Å². The van der Waals surface area contributed by atoms with Gasteiger partial charge in [0.1, 0.15) is 5.82 Å². The fourth-order valence-corrected chi connectivity index (χ4v) is 4.23. The minimum Gasteiger partial charge on any atom is -0.393 e. The summed E-state index contributed by atoms with van der Waals surface area (Å²) < 4.78 is 22.6. The maximum absolute atomic E-state index is 14.7. The second kappa shape index (κ2) is 6.77. The fraction of sp³-hybridized carbons (Fsp3) is 0.391. The minimum absolute atomic E-state index is 0.184. The number of hydrogen-bond donors (Lipinski definition) is 1. The zero-order valence-corrected chi connectivity index (χ0v) is 15.3. The van der Waals surface area contributed by atoms with E-state index >= 15 is 0 Å². The molecule has 0 bridgehead atoms. The Balaban J connectivity index is 1.51. The smallest absolute Gasteiger partial charge is 0.147 e.